The van der Waals surface area contributed by atoms with Crippen molar-refractivity contribution in [3.8, 4) is 0 Å². The lowest BCUT2D eigenvalue weighted by atomic mass is 10.1. The fourth-order valence-corrected chi connectivity index (χ4v) is 2.01. The molecule has 3 nitrogen and oxygen atoms in total. The minimum atomic E-state index is -4.33. The Bertz CT molecular complexity index is 466. The van der Waals surface area contributed by atoms with Crippen LogP contribution in [-0.2, 0) is 22.3 Å². The van der Waals surface area contributed by atoms with Gasteiger partial charge in [-0.15, -0.1) is 0 Å². The second kappa shape index (κ2) is 5.83. The van der Waals surface area contributed by atoms with Crippen LogP contribution in [-0.4, -0.2) is 30.6 Å². The van der Waals surface area contributed by atoms with Gasteiger partial charge in [0.15, 0.2) is 0 Å². The molecule has 6 heteroatoms. The van der Waals surface area contributed by atoms with Crippen molar-refractivity contribution in [2.75, 3.05) is 13.7 Å². The minimum Gasteiger partial charge on any atom is -0.375 e. The maximum Gasteiger partial charge on any atom is 0.416 e. The van der Waals surface area contributed by atoms with Crippen LogP contribution in [0.1, 0.15) is 24.0 Å². The largest absolute Gasteiger partial charge is 0.416 e. The third kappa shape index (κ3) is 3.72. The Morgan fingerprint density at radius 1 is 1.30 bits per heavy atom. The molecule has 0 radical (unpaired) electrons. The normalized spacial score (nSPS) is 15.2. The van der Waals surface area contributed by atoms with Crippen molar-refractivity contribution in [1.82, 2.24) is 4.90 Å². The van der Waals surface area contributed by atoms with Gasteiger partial charge in [-0.2, -0.15) is 13.2 Å². The van der Waals surface area contributed by atoms with Gasteiger partial charge in [0.1, 0.15) is 6.61 Å². The Hall–Kier alpha value is -1.56. The van der Waals surface area contributed by atoms with Crippen LogP contribution < -0.4 is 0 Å². The molecule has 0 unspecified atom stereocenters. The number of halogens is 3. The molecule has 1 fully saturated rings. The number of carbonyl (C=O) groups excluding carboxylic acids is 1. The van der Waals surface area contributed by atoms with Gasteiger partial charge in [0, 0.05) is 19.7 Å². The molecular weight excluding hydrogens is 271 g/mol. The number of hydrogen-bond donors (Lipinski definition) is 0. The molecular formula is C14H16F3NO2. The number of hydrogen-bond acceptors (Lipinski definition) is 2. The van der Waals surface area contributed by atoms with Gasteiger partial charge in [-0.25, -0.2) is 0 Å². The monoisotopic (exact) mass is 287 g/mol. The van der Waals surface area contributed by atoms with Crippen LogP contribution in [0.4, 0.5) is 13.2 Å². The maximum atomic E-state index is 12.5. The minimum absolute atomic E-state index is 0.00284. The van der Waals surface area contributed by atoms with Crippen LogP contribution in [0.2, 0.25) is 0 Å². The van der Waals surface area contributed by atoms with Crippen molar-refractivity contribution in [3.05, 3.63) is 35.4 Å². The molecule has 0 N–H and O–H groups in total. The lowest BCUT2D eigenvalue weighted by Crippen LogP contribution is -2.35. The summed E-state index contributed by atoms with van der Waals surface area (Å²) in [6.07, 6.45) is -2.45. The molecule has 20 heavy (non-hydrogen) atoms. The summed E-state index contributed by atoms with van der Waals surface area (Å²) >= 11 is 0. The van der Waals surface area contributed by atoms with Crippen LogP contribution in [0.25, 0.3) is 0 Å². The van der Waals surface area contributed by atoms with E-state index in [1.165, 1.54) is 19.2 Å². The molecule has 0 saturated heterocycles. The molecule has 0 bridgehead atoms. The number of alkyl halides is 3. The van der Waals surface area contributed by atoms with Gasteiger partial charge in [-0.1, -0.05) is 12.1 Å². The topological polar surface area (TPSA) is 29.5 Å². The van der Waals surface area contributed by atoms with E-state index in [0.29, 0.717) is 12.1 Å². The summed E-state index contributed by atoms with van der Waals surface area (Å²) in [5.74, 6) is -0.130. The molecule has 1 aromatic rings. The quantitative estimate of drug-likeness (QED) is 0.833. The van der Waals surface area contributed by atoms with Crippen molar-refractivity contribution < 1.29 is 22.7 Å². The summed E-state index contributed by atoms with van der Waals surface area (Å²) in [6, 6.07) is 5.11. The summed E-state index contributed by atoms with van der Waals surface area (Å²) in [6.45, 7) is 0.322. The second-order valence-corrected chi connectivity index (χ2v) is 4.88. The zero-order valence-electron chi connectivity index (χ0n) is 11.1. The zero-order valence-corrected chi connectivity index (χ0v) is 11.1. The number of rotatable bonds is 5. The second-order valence-electron chi connectivity index (χ2n) is 4.88. The van der Waals surface area contributed by atoms with Crippen molar-refractivity contribution in [3.63, 3.8) is 0 Å². The summed E-state index contributed by atoms with van der Waals surface area (Å²) in [5.41, 5.74) is 0.0109. The number of nitrogens with zero attached hydrogens (tertiary/aromatic N) is 1. The van der Waals surface area contributed by atoms with Gasteiger partial charge in [0.25, 0.3) is 0 Å². The van der Waals surface area contributed by atoms with Crippen LogP contribution in [0.15, 0.2) is 24.3 Å². The fraction of sp³-hybridized carbons (Fsp3) is 0.500. The summed E-state index contributed by atoms with van der Waals surface area (Å²) in [7, 11) is 1.45. The average Bonchev–Trinajstić information content (AvgIpc) is 3.20. The molecule has 0 spiro atoms. The molecule has 0 atom stereocenters. The first kappa shape index (κ1) is 14.8. The summed E-state index contributed by atoms with van der Waals surface area (Å²) in [5, 5.41) is 0. The molecule has 2 rings (SSSR count). The Kier molecular flexibility index (Phi) is 4.32. The predicted octanol–water partition coefficient (Wildman–Crippen LogP) is 2.84. The van der Waals surface area contributed by atoms with Crippen molar-refractivity contribution in [2.45, 2.75) is 31.6 Å². The molecule has 1 aliphatic rings. The first-order valence-electron chi connectivity index (χ1n) is 6.36. The number of amides is 1. The Morgan fingerprint density at radius 3 is 2.35 bits per heavy atom. The van der Waals surface area contributed by atoms with Gasteiger partial charge in [-0.3, -0.25) is 4.79 Å². The zero-order chi connectivity index (χ0) is 14.8. The van der Waals surface area contributed by atoms with Crippen LogP contribution in [0.5, 0.6) is 0 Å². The molecule has 0 aromatic heterocycles. The lowest BCUT2D eigenvalue weighted by molar-refractivity contribution is -0.138. The highest BCUT2D eigenvalue weighted by molar-refractivity contribution is 5.78. The van der Waals surface area contributed by atoms with E-state index in [1.54, 1.807) is 4.90 Å². The van der Waals surface area contributed by atoms with Gasteiger partial charge in [-0.05, 0) is 30.5 Å². The van der Waals surface area contributed by atoms with Gasteiger partial charge < -0.3 is 9.64 Å². The molecule has 0 heterocycles. The average molecular weight is 287 g/mol. The summed E-state index contributed by atoms with van der Waals surface area (Å²) in [4.78, 5) is 13.5. The number of benzene rings is 1. The molecule has 1 aliphatic carbocycles. The predicted molar refractivity (Wildman–Crippen MR) is 66.9 cm³/mol. The van der Waals surface area contributed by atoms with E-state index in [4.69, 9.17) is 4.74 Å². The Morgan fingerprint density at radius 2 is 1.90 bits per heavy atom. The van der Waals surface area contributed by atoms with Crippen LogP contribution >= 0.6 is 0 Å². The van der Waals surface area contributed by atoms with E-state index in [9.17, 15) is 18.0 Å². The number of ether oxygens (including phenoxy) is 1. The Balaban J connectivity index is 2.05. The van der Waals surface area contributed by atoms with Gasteiger partial charge in [0.05, 0.1) is 5.56 Å². The third-order valence-electron chi connectivity index (χ3n) is 3.21. The van der Waals surface area contributed by atoms with Gasteiger partial charge in [0.2, 0.25) is 5.91 Å². The smallest absolute Gasteiger partial charge is 0.375 e. The van der Waals surface area contributed by atoms with Crippen molar-refractivity contribution in [2.24, 2.45) is 0 Å². The van der Waals surface area contributed by atoms with E-state index in [1.807, 2.05) is 0 Å². The highest BCUT2D eigenvalue weighted by Crippen LogP contribution is 2.31. The maximum absolute atomic E-state index is 12.5. The first-order valence-corrected chi connectivity index (χ1v) is 6.36. The summed E-state index contributed by atoms with van der Waals surface area (Å²) < 4.78 is 42.2. The van der Waals surface area contributed by atoms with E-state index in [0.717, 1.165) is 25.0 Å². The van der Waals surface area contributed by atoms with Crippen LogP contribution in [0, 0.1) is 0 Å². The molecule has 0 aliphatic heterocycles. The lowest BCUT2D eigenvalue weighted by Gasteiger charge is -2.22. The van der Waals surface area contributed by atoms with Crippen molar-refractivity contribution in [1.29, 1.82) is 0 Å². The SMILES string of the molecule is COCC(=O)N(Cc1ccc(C(F)(F)F)cc1)C1CC1. The number of carbonyl (C=O) groups is 1. The van der Waals surface area contributed by atoms with Crippen LogP contribution in [0.3, 0.4) is 0 Å². The fourth-order valence-electron chi connectivity index (χ4n) is 2.01. The Labute approximate surface area is 115 Å². The van der Waals surface area contributed by atoms with Crippen molar-refractivity contribution >= 4 is 5.91 Å². The molecule has 110 valence electrons. The van der Waals surface area contributed by atoms with Gasteiger partial charge >= 0.3 is 6.18 Å². The number of methoxy groups -OCH3 is 1. The van der Waals surface area contributed by atoms with E-state index in [2.05, 4.69) is 0 Å². The van der Waals surface area contributed by atoms with E-state index in [-0.39, 0.29) is 18.6 Å². The molecule has 1 aromatic carbocycles. The van der Waals surface area contributed by atoms with E-state index >= 15 is 0 Å². The highest BCUT2D eigenvalue weighted by Gasteiger charge is 2.33. The standard InChI is InChI=1S/C14H16F3NO2/c1-20-9-13(19)18(12-6-7-12)8-10-2-4-11(5-3-10)14(15,16)17/h2-5,12H,6-9H2,1H3. The first-order chi connectivity index (χ1) is 9.41. The molecule has 1 amide bonds. The highest BCUT2D eigenvalue weighted by atomic mass is 19.4. The van der Waals surface area contributed by atoms with E-state index < -0.39 is 11.7 Å². The molecule has 1 saturated carbocycles. The third-order valence-corrected chi connectivity index (χ3v) is 3.21.